The second-order valence-corrected chi connectivity index (χ2v) is 48.5. The van der Waals surface area contributed by atoms with Crippen molar-refractivity contribution in [2.24, 2.45) is 5.92 Å². The van der Waals surface area contributed by atoms with Crippen molar-refractivity contribution in [3.05, 3.63) is 0 Å². The van der Waals surface area contributed by atoms with Crippen LogP contribution in [0.2, 0.25) is 0 Å². The van der Waals surface area contributed by atoms with E-state index in [1.165, 1.54) is 172 Å². The van der Waals surface area contributed by atoms with E-state index in [-0.39, 0.29) is 152 Å². The number of ether oxygens (including phenoxy) is 3. The first-order valence-electron chi connectivity index (χ1n) is 55.0. The Morgan fingerprint density at radius 3 is 1.06 bits per heavy atom. The number of nitrogens with zero attached hydrogens (tertiary/aromatic N) is 7. The van der Waals surface area contributed by atoms with E-state index in [1.807, 2.05) is 37.5 Å². The molecule has 0 aromatic rings. The van der Waals surface area contributed by atoms with Gasteiger partial charge in [0, 0.05) is 158 Å². The zero-order chi connectivity index (χ0) is 102. The van der Waals surface area contributed by atoms with E-state index in [2.05, 4.69) is 159 Å². The lowest BCUT2D eigenvalue weighted by Gasteiger charge is -2.57. The summed E-state index contributed by atoms with van der Waals surface area (Å²) in [4.78, 5) is 146. The third kappa shape index (κ3) is 42.6. The van der Waals surface area contributed by atoms with Gasteiger partial charge in [-0.25, -0.2) is 4.79 Å². The molecule has 798 valence electrons. The van der Waals surface area contributed by atoms with Gasteiger partial charge in [-0.3, -0.25) is 62.7 Å². The Kier molecular flexibility index (Phi) is 55.1. The molecule has 7 fully saturated rings. The van der Waals surface area contributed by atoms with Crippen LogP contribution in [0.5, 0.6) is 0 Å². The first kappa shape index (κ1) is 126. The maximum Gasteiger partial charge on any atom is 0.325 e. The largest absolute Gasteiger partial charge is 0.464 e. The average molecular weight is 1940 g/mol. The summed E-state index contributed by atoms with van der Waals surface area (Å²) < 4.78 is 17.2. The Labute approximate surface area is 834 Å². The molecule has 0 saturated carbocycles. The lowest BCUT2D eigenvalue weighted by Crippen LogP contribution is -2.70. The highest BCUT2D eigenvalue weighted by atomic mass is 16.7. The second kappa shape index (κ2) is 59.9. The maximum atomic E-state index is 13.4. The minimum atomic E-state index is -0.908. The lowest BCUT2D eigenvalue weighted by molar-refractivity contribution is -0.293. The van der Waals surface area contributed by atoms with Crippen LogP contribution >= 0.6 is 0 Å². The number of unbranched alkanes of at least 4 members (excludes halogenated alkanes) is 33. The molecule has 1 spiro atoms. The fraction of sp³-hybridized carbons (Fsp3) is 0.911. The van der Waals surface area contributed by atoms with Crippen molar-refractivity contribution in [3.8, 4) is 0 Å². The average Bonchev–Trinajstić information content (AvgIpc) is 1.60. The molecule has 7 saturated heterocycles. The predicted molar refractivity (Wildman–Crippen MR) is 553 cm³/mol. The molecule has 1 unspecified atom stereocenters. The molecule has 1 atom stereocenters. The van der Waals surface area contributed by atoms with Gasteiger partial charge in [-0.05, 0) is 210 Å². The molecule has 0 aromatic carbocycles. The number of carbonyl (C=O) groups is 10. The number of Topliss-reactive ketones (excluding diaryl/α,β-unsaturated/α-hetero) is 1. The van der Waals surface area contributed by atoms with Gasteiger partial charge in [0.2, 0.25) is 23.6 Å². The van der Waals surface area contributed by atoms with Gasteiger partial charge >= 0.3 is 23.9 Å². The van der Waals surface area contributed by atoms with Crippen molar-refractivity contribution in [1.29, 1.82) is 0 Å². The standard InChI is InChI=1S/C44H84N2O6.C27H48N2O3.C25H45N3O3.C16H29NO4.H2O/c1-11-13-15-17-23-27-31-49-45-41(3,4)33-37(34-42(45,5)6)51-39(47)29-25-21-19-20-22-26-30-40(48)52-38-35-43(7,8)46(44(9,10)36-38)50-32-28-24-18-16-14-12-2;1-7-8-9-10-11-12-13-14-15-16-17-22-18-24(31)28(25(22)32)23-19-26(3,4)29(21(2)30)27(5,6)20-23;1-7-8-9-10-11-12-13-14-15-16-17-27-21(30)25(26-22(27)31)18-23(3,4)28(20(2)29)24(5,6)19-25;1-12(18)6-7-14(20)21-9-8-17-15(2,3)10-13(19)11-16(17,4)5;/h37-38H,11-36H2,1-10H3;22-23H,7-20H2,1-6H3;7-19H2,1-6H3,(H,26,31);13,19H,6-11H2,1-5H3;1H2. The number of ketones is 1. The topological polar surface area (TPSA) is 303 Å². The molecule has 25 heteroatoms. The van der Waals surface area contributed by atoms with E-state index in [9.17, 15) is 53.1 Å². The van der Waals surface area contributed by atoms with Crippen LogP contribution in [0, 0.1) is 5.92 Å². The zero-order valence-corrected chi connectivity index (χ0v) is 92.8. The number of urea groups is 1. The van der Waals surface area contributed by atoms with Crippen LogP contribution in [-0.4, -0.2) is 223 Å². The molecule has 0 radical (unpaired) electrons. The van der Waals surface area contributed by atoms with Crippen LogP contribution in [-0.2, 0) is 67.0 Å². The van der Waals surface area contributed by atoms with Crippen LogP contribution in [0.1, 0.15) is 534 Å². The number of hydrogen-bond acceptors (Lipinski definition) is 19. The molecule has 25 nitrogen and oxygen atoms in total. The number of carbonyl (C=O) groups excluding carboxylic acids is 10. The number of hydrogen-bond donors (Lipinski definition) is 2. The number of rotatable bonds is 56. The molecular formula is C112H208N8O17. The number of piperidine rings is 5. The molecule has 4 N–H and O–H groups in total. The number of aliphatic hydroxyl groups excluding tert-OH is 1. The number of esters is 3. The van der Waals surface area contributed by atoms with Crippen molar-refractivity contribution < 1.29 is 82.4 Å². The van der Waals surface area contributed by atoms with Crippen molar-refractivity contribution in [1.82, 2.24) is 39.9 Å². The fourth-order valence-electron chi connectivity index (χ4n) is 25.2. The van der Waals surface area contributed by atoms with Gasteiger partial charge in [0.25, 0.3) is 5.91 Å². The van der Waals surface area contributed by atoms with E-state index in [0.29, 0.717) is 77.5 Å². The Bertz CT molecular complexity index is 3420. The third-order valence-electron chi connectivity index (χ3n) is 29.9. The molecule has 7 amide bonds. The van der Waals surface area contributed by atoms with E-state index in [4.69, 9.17) is 23.9 Å². The first-order valence-corrected chi connectivity index (χ1v) is 55.0. The summed E-state index contributed by atoms with van der Waals surface area (Å²) in [6.07, 6.45) is 54.7. The number of aliphatic hydroxyl groups is 1. The van der Waals surface area contributed by atoms with Gasteiger partial charge in [0.1, 0.15) is 30.1 Å². The van der Waals surface area contributed by atoms with E-state index >= 15 is 0 Å². The van der Waals surface area contributed by atoms with E-state index in [0.717, 1.165) is 129 Å². The molecule has 0 bridgehead atoms. The minimum absolute atomic E-state index is 0. The highest BCUT2D eigenvalue weighted by Crippen LogP contribution is 2.49. The predicted octanol–water partition coefficient (Wildman–Crippen LogP) is 24.5. The second-order valence-electron chi connectivity index (χ2n) is 48.5. The summed E-state index contributed by atoms with van der Waals surface area (Å²) in [6, 6.07) is -0.392. The van der Waals surface area contributed by atoms with E-state index < -0.39 is 16.6 Å². The lowest BCUT2D eigenvalue weighted by atomic mass is 9.69. The van der Waals surface area contributed by atoms with E-state index in [1.54, 1.807) is 18.7 Å². The quantitative estimate of drug-likeness (QED) is 0.0188. The molecule has 7 aliphatic rings. The summed E-state index contributed by atoms with van der Waals surface area (Å²) in [6.45, 7) is 58.8. The van der Waals surface area contributed by atoms with Crippen LogP contribution < -0.4 is 5.32 Å². The van der Waals surface area contributed by atoms with Gasteiger partial charge in [-0.15, -0.1) is 0 Å². The SMILES string of the molecule is CC(=O)CCC(=O)OCCN1C(C)(C)CC(O)CC1(C)C.CCCCCCCCCCCCC1CC(=O)N(C2CC(C)(C)N(C(C)=O)C(C)(C)C2)C1=O.CCCCCCCCCCCCN1C(=O)NC2(CC(C)(C)N(C(C)=O)C(C)(C)C2)C1=O.CCCCCCCCON1C(C)(C)CC(OC(=O)CCCCCCCCC(=O)OC2CC(C)(C)N(OCCCCCCCC)C(C)(C)C2)CC1(C)C.O. The molecule has 0 aliphatic carbocycles. The zero-order valence-electron chi connectivity index (χ0n) is 92.8. The van der Waals surface area contributed by atoms with Gasteiger partial charge in [0.15, 0.2) is 0 Å². The number of nitrogens with one attached hydrogen (secondary N) is 1. The molecule has 0 aromatic heterocycles. The van der Waals surface area contributed by atoms with Gasteiger partial charge < -0.3 is 44.7 Å². The van der Waals surface area contributed by atoms with Gasteiger partial charge in [0.05, 0.1) is 25.7 Å². The molecule has 7 heterocycles. The van der Waals surface area contributed by atoms with Crippen molar-refractivity contribution >= 4 is 59.3 Å². The summed E-state index contributed by atoms with van der Waals surface area (Å²) in [5.41, 5.74) is -3.76. The smallest absolute Gasteiger partial charge is 0.325 e. The number of imide groups is 2. The molecule has 7 aliphatic heterocycles. The first-order chi connectivity index (χ1) is 63.6. The highest BCUT2D eigenvalue weighted by molar-refractivity contribution is 6.07. The highest BCUT2D eigenvalue weighted by Gasteiger charge is 2.62. The third-order valence-corrected chi connectivity index (χ3v) is 29.9. The number of likely N-dealkylation sites (tertiary alicyclic amines) is 4. The van der Waals surface area contributed by atoms with Crippen molar-refractivity contribution in [3.63, 3.8) is 0 Å². The fourth-order valence-corrected chi connectivity index (χ4v) is 25.2. The van der Waals surface area contributed by atoms with Crippen LogP contribution in [0.25, 0.3) is 0 Å². The van der Waals surface area contributed by atoms with Crippen molar-refractivity contribution in [2.45, 2.75) is 619 Å². The Balaban J connectivity index is 0.000000494. The van der Waals surface area contributed by atoms with Crippen LogP contribution in [0.3, 0.4) is 0 Å². The monoisotopic (exact) mass is 1940 g/mol. The Morgan fingerprint density at radius 2 is 0.701 bits per heavy atom. The van der Waals surface area contributed by atoms with Crippen LogP contribution in [0.4, 0.5) is 4.79 Å². The molecular weight excluding hydrogens is 1730 g/mol. The molecule has 7 rings (SSSR count). The summed E-state index contributed by atoms with van der Waals surface area (Å²) in [7, 11) is 0. The maximum absolute atomic E-state index is 13.4. The number of amides is 7. The number of hydroxylamine groups is 4. The summed E-state index contributed by atoms with van der Waals surface area (Å²) in [5, 5.41) is 17.4. The van der Waals surface area contributed by atoms with Crippen LogP contribution in [0.15, 0.2) is 0 Å². The minimum Gasteiger partial charge on any atom is -0.464 e. The Hall–Kier alpha value is -5.18. The molecule has 137 heavy (non-hydrogen) atoms. The normalized spacial score (nSPS) is 21.5. The van der Waals surface area contributed by atoms with Crippen molar-refractivity contribution in [2.75, 3.05) is 32.9 Å². The van der Waals surface area contributed by atoms with Gasteiger partial charge in [-0.1, -0.05) is 240 Å². The summed E-state index contributed by atoms with van der Waals surface area (Å²) in [5.74, 6) is -0.674. The Morgan fingerprint density at radius 1 is 0.365 bits per heavy atom. The van der Waals surface area contributed by atoms with Gasteiger partial charge in [-0.2, -0.15) is 10.1 Å². The summed E-state index contributed by atoms with van der Waals surface area (Å²) >= 11 is 0.